The number of hydrogen-bond acceptors (Lipinski definition) is 4. The van der Waals surface area contributed by atoms with Gasteiger partial charge >= 0.3 is 0 Å². The second kappa shape index (κ2) is 5.89. The molecule has 0 radical (unpaired) electrons. The first kappa shape index (κ1) is 15.7. The third-order valence-corrected chi connectivity index (χ3v) is 4.62. The first-order chi connectivity index (χ1) is 12.1. The molecule has 25 heavy (non-hydrogen) atoms. The van der Waals surface area contributed by atoms with E-state index in [1.165, 1.54) is 0 Å². The number of rotatable bonds is 3. The molecular formula is C19H19N3O3. The maximum atomic E-state index is 12.7. The summed E-state index contributed by atoms with van der Waals surface area (Å²) < 4.78 is 7.34. The highest BCUT2D eigenvalue weighted by molar-refractivity contribution is 5.94. The monoisotopic (exact) mass is 337 g/mol. The van der Waals surface area contributed by atoms with Crippen molar-refractivity contribution in [3.8, 4) is 5.75 Å². The van der Waals surface area contributed by atoms with Crippen LogP contribution in [0.3, 0.4) is 0 Å². The molecule has 2 N–H and O–H groups in total. The molecule has 1 atom stereocenters. The Bertz CT molecular complexity index is 950. The summed E-state index contributed by atoms with van der Waals surface area (Å²) in [5.74, 6) is 0.407. The lowest BCUT2D eigenvalue weighted by molar-refractivity contribution is -0.00166. The highest BCUT2D eigenvalue weighted by Crippen LogP contribution is 2.36. The zero-order valence-corrected chi connectivity index (χ0v) is 13.9. The van der Waals surface area contributed by atoms with E-state index < -0.39 is 5.60 Å². The Morgan fingerprint density at radius 1 is 1.32 bits per heavy atom. The number of aromatic nitrogens is 2. The van der Waals surface area contributed by atoms with Gasteiger partial charge in [0, 0.05) is 18.2 Å². The van der Waals surface area contributed by atoms with Crippen molar-refractivity contribution in [1.29, 1.82) is 0 Å². The summed E-state index contributed by atoms with van der Waals surface area (Å²) in [5, 5.41) is 13.9. The van der Waals surface area contributed by atoms with Crippen LogP contribution in [0.4, 0.5) is 0 Å². The molecule has 6 heteroatoms. The predicted molar refractivity (Wildman–Crippen MR) is 92.7 cm³/mol. The van der Waals surface area contributed by atoms with Crippen LogP contribution in [0.5, 0.6) is 5.75 Å². The minimum absolute atomic E-state index is 0.117. The Hall–Kier alpha value is -2.86. The van der Waals surface area contributed by atoms with Gasteiger partial charge in [-0.05, 0) is 25.1 Å². The van der Waals surface area contributed by atoms with Gasteiger partial charge in [-0.1, -0.05) is 24.3 Å². The molecule has 0 spiro atoms. The smallest absolute Gasteiger partial charge is 0.270 e. The quantitative estimate of drug-likeness (QED) is 0.767. The molecule has 128 valence electrons. The fraction of sp³-hybridized carbons (Fsp3) is 0.263. The molecule has 0 aliphatic carbocycles. The minimum Gasteiger partial charge on any atom is -0.493 e. The number of carbonyl (C=O) groups is 1. The molecule has 1 aliphatic rings. The molecule has 1 unspecified atom stereocenters. The second-order valence-electron chi connectivity index (χ2n) is 6.28. The van der Waals surface area contributed by atoms with Crippen molar-refractivity contribution < 1.29 is 14.6 Å². The highest BCUT2D eigenvalue weighted by Gasteiger charge is 2.36. The number of pyridine rings is 1. The van der Waals surface area contributed by atoms with E-state index in [9.17, 15) is 9.90 Å². The fourth-order valence-electron chi connectivity index (χ4n) is 3.32. The van der Waals surface area contributed by atoms with Crippen LogP contribution in [0, 0.1) is 6.92 Å². The third-order valence-electron chi connectivity index (χ3n) is 4.62. The van der Waals surface area contributed by atoms with Crippen LogP contribution < -0.4 is 10.1 Å². The van der Waals surface area contributed by atoms with Gasteiger partial charge in [-0.15, -0.1) is 0 Å². The topological polar surface area (TPSA) is 75.9 Å². The molecule has 6 nitrogen and oxygen atoms in total. The van der Waals surface area contributed by atoms with E-state index >= 15 is 0 Å². The number of ether oxygens (including phenoxy) is 1. The average Bonchev–Trinajstić information content (AvgIpc) is 2.96. The highest BCUT2D eigenvalue weighted by atomic mass is 16.5. The molecule has 3 aromatic rings. The van der Waals surface area contributed by atoms with Crippen molar-refractivity contribution in [2.75, 3.05) is 13.2 Å². The summed E-state index contributed by atoms with van der Waals surface area (Å²) in [7, 11) is 0. The molecule has 3 heterocycles. The number of nitrogens with zero attached hydrogens (tertiary/aromatic N) is 2. The van der Waals surface area contributed by atoms with Gasteiger partial charge in [0.25, 0.3) is 5.91 Å². The van der Waals surface area contributed by atoms with Crippen molar-refractivity contribution in [1.82, 2.24) is 14.7 Å². The lowest BCUT2D eigenvalue weighted by Crippen LogP contribution is -2.44. The molecule has 0 saturated heterocycles. The number of nitrogens with one attached hydrogen (secondary N) is 1. The number of imidazole rings is 1. The van der Waals surface area contributed by atoms with Crippen molar-refractivity contribution in [2.24, 2.45) is 0 Å². The van der Waals surface area contributed by atoms with E-state index in [1.807, 2.05) is 48.7 Å². The van der Waals surface area contributed by atoms with E-state index in [0.717, 1.165) is 5.65 Å². The van der Waals surface area contributed by atoms with Crippen LogP contribution in [-0.4, -0.2) is 33.6 Å². The Morgan fingerprint density at radius 3 is 3.00 bits per heavy atom. The van der Waals surface area contributed by atoms with Crippen LogP contribution >= 0.6 is 0 Å². The molecule has 0 fully saturated rings. The van der Waals surface area contributed by atoms with Crippen molar-refractivity contribution >= 4 is 11.6 Å². The van der Waals surface area contributed by atoms with Gasteiger partial charge in [0.05, 0.1) is 18.8 Å². The van der Waals surface area contributed by atoms with Gasteiger partial charge in [0.1, 0.15) is 22.7 Å². The first-order valence-electron chi connectivity index (χ1n) is 8.25. The number of hydrogen-bond donors (Lipinski definition) is 2. The van der Waals surface area contributed by atoms with Crippen LogP contribution in [-0.2, 0) is 5.60 Å². The van der Waals surface area contributed by atoms with Crippen molar-refractivity contribution in [3.05, 3.63) is 65.6 Å². The van der Waals surface area contributed by atoms with Gasteiger partial charge in [0.2, 0.25) is 0 Å². The minimum atomic E-state index is -1.14. The van der Waals surface area contributed by atoms with Crippen LogP contribution in [0.1, 0.15) is 28.2 Å². The number of aryl methyl sites for hydroxylation is 1. The van der Waals surface area contributed by atoms with Crippen molar-refractivity contribution in [2.45, 2.75) is 18.9 Å². The van der Waals surface area contributed by atoms with Crippen molar-refractivity contribution in [3.63, 3.8) is 0 Å². The maximum absolute atomic E-state index is 12.7. The van der Waals surface area contributed by atoms with E-state index in [0.29, 0.717) is 35.7 Å². The number of benzene rings is 1. The van der Waals surface area contributed by atoms with Gasteiger partial charge in [-0.2, -0.15) is 0 Å². The zero-order chi connectivity index (χ0) is 17.4. The molecule has 0 saturated carbocycles. The Balaban J connectivity index is 1.59. The van der Waals surface area contributed by atoms with Crippen LogP contribution in [0.25, 0.3) is 5.65 Å². The van der Waals surface area contributed by atoms with Gasteiger partial charge in [-0.25, -0.2) is 4.98 Å². The summed E-state index contributed by atoms with van der Waals surface area (Å²) in [6.07, 6.45) is 2.24. The van der Waals surface area contributed by atoms with Gasteiger partial charge < -0.3 is 15.2 Å². The molecule has 0 bridgehead atoms. The lowest BCUT2D eigenvalue weighted by Gasteiger charge is -2.34. The van der Waals surface area contributed by atoms with Gasteiger partial charge in [-0.3, -0.25) is 9.20 Å². The van der Waals surface area contributed by atoms with Crippen LogP contribution in [0.15, 0.2) is 48.7 Å². The van der Waals surface area contributed by atoms with E-state index in [2.05, 4.69) is 10.3 Å². The van der Waals surface area contributed by atoms with Crippen LogP contribution in [0.2, 0.25) is 0 Å². The largest absolute Gasteiger partial charge is 0.493 e. The van der Waals surface area contributed by atoms with E-state index in [-0.39, 0.29) is 12.5 Å². The zero-order valence-electron chi connectivity index (χ0n) is 13.9. The molecule has 2 aromatic heterocycles. The number of amides is 1. The maximum Gasteiger partial charge on any atom is 0.270 e. The van der Waals surface area contributed by atoms with E-state index in [4.69, 9.17) is 4.74 Å². The number of aliphatic hydroxyl groups is 1. The summed E-state index contributed by atoms with van der Waals surface area (Å²) in [4.78, 5) is 17.1. The Labute approximate surface area is 145 Å². The molecular weight excluding hydrogens is 318 g/mol. The summed E-state index contributed by atoms with van der Waals surface area (Å²) in [6.45, 7) is 2.34. The SMILES string of the molecule is Cc1nc2ccccn2c1C(=O)NCC1(O)CCOc2ccccc21. The summed E-state index contributed by atoms with van der Waals surface area (Å²) in [5.41, 5.74) is 1.43. The third kappa shape index (κ3) is 2.64. The Morgan fingerprint density at radius 2 is 2.12 bits per heavy atom. The standard InChI is InChI=1S/C19H19N3O3/c1-13-17(22-10-5-4-8-16(22)21-13)18(23)20-12-19(24)9-11-25-15-7-3-2-6-14(15)19/h2-8,10,24H,9,11-12H2,1H3,(H,20,23). The Kier molecular flexibility index (Phi) is 3.69. The molecule has 1 amide bonds. The summed E-state index contributed by atoms with van der Waals surface area (Å²) in [6, 6.07) is 13.0. The molecule has 1 aliphatic heterocycles. The predicted octanol–water partition coefficient (Wildman–Crippen LogP) is 2.04. The van der Waals surface area contributed by atoms with E-state index in [1.54, 1.807) is 11.3 Å². The summed E-state index contributed by atoms with van der Waals surface area (Å²) >= 11 is 0. The fourth-order valence-corrected chi connectivity index (χ4v) is 3.32. The molecule has 4 rings (SSSR count). The first-order valence-corrected chi connectivity index (χ1v) is 8.25. The normalized spacial score (nSPS) is 19.3. The number of para-hydroxylation sites is 1. The second-order valence-corrected chi connectivity index (χ2v) is 6.28. The number of fused-ring (bicyclic) bond motifs is 2. The number of carbonyl (C=O) groups excluding carboxylic acids is 1. The molecule has 1 aromatic carbocycles. The van der Waals surface area contributed by atoms with Gasteiger partial charge in [0.15, 0.2) is 0 Å². The average molecular weight is 337 g/mol. The lowest BCUT2D eigenvalue weighted by atomic mass is 9.88.